The SMILES string of the molecule is COC(=O)C(NC(=O)C12CC3(C)CC(C)(CC(C)(C3)C1)C2)C(C)C. The lowest BCUT2D eigenvalue weighted by atomic mass is 9.36. The van der Waals surface area contributed by atoms with Crippen LogP contribution in [0.15, 0.2) is 0 Å². The van der Waals surface area contributed by atoms with E-state index in [1.54, 1.807) is 0 Å². The number of methoxy groups -OCH3 is 1. The third-order valence-electron chi connectivity index (χ3n) is 6.75. The molecule has 4 aliphatic rings. The van der Waals surface area contributed by atoms with Crippen molar-refractivity contribution in [3.8, 4) is 0 Å². The van der Waals surface area contributed by atoms with Gasteiger partial charge < -0.3 is 10.1 Å². The van der Waals surface area contributed by atoms with Gasteiger partial charge in [0.1, 0.15) is 6.04 Å². The highest BCUT2D eigenvalue weighted by Crippen LogP contribution is 2.73. The molecule has 0 aliphatic heterocycles. The third kappa shape index (κ3) is 2.76. The third-order valence-corrected chi connectivity index (χ3v) is 6.75. The van der Waals surface area contributed by atoms with Gasteiger partial charge in [0.2, 0.25) is 5.91 Å². The van der Waals surface area contributed by atoms with Crippen LogP contribution in [-0.2, 0) is 14.3 Å². The quantitative estimate of drug-likeness (QED) is 0.797. The zero-order valence-electron chi connectivity index (χ0n) is 16.1. The van der Waals surface area contributed by atoms with Crippen LogP contribution >= 0.6 is 0 Å². The van der Waals surface area contributed by atoms with Crippen molar-refractivity contribution in [3.63, 3.8) is 0 Å². The van der Waals surface area contributed by atoms with E-state index in [4.69, 9.17) is 4.74 Å². The number of esters is 1. The molecule has 4 rings (SSSR count). The average Bonchev–Trinajstić information content (AvgIpc) is 2.37. The van der Waals surface area contributed by atoms with E-state index in [0.717, 1.165) is 19.3 Å². The van der Waals surface area contributed by atoms with Gasteiger partial charge in [-0.1, -0.05) is 34.6 Å². The molecule has 24 heavy (non-hydrogen) atoms. The van der Waals surface area contributed by atoms with E-state index in [2.05, 4.69) is 26.1 Å². The monoisotopic (exact) mass is 335 g/mol. The van der Waals surface area contributed by atoms with Gasteiger partial charge in [-0.2, -0.15) is 0 Å². The van der Waals surface area contributed by atoms with Crippen LogP contribution in [0.1, 0.15) is 73.1 Å². The average molecular weight is 335 g/mol. The number of nitrogens with one attached hydrogen (secondary N) is 1. The summed E-state index contributed by atoms with van der Waals surface area (Å²) in [4.78, 5) is 25.4. The van der Waals surface area contributed by atoms with Crippen molar-refractivity contribution < 1.29 is 14.3 Å². The van der Waals surface area contributed by atoms with Crippen LogP contribution in [-0.4, -0.2) is 25.0 Å². The molecule has 1 atom stereocenters. The van der Waals surface area contributed by atoms with Crippen molar-refractivity contribution in [2.75, 3.05) is 7.11 Å². The van der Waals surface area contributed by atoms with Crippen LogP contribution < -0.4 is 5.32 Å². The number of rotatable bonds is 4. The van der Waals surface area contributed by atoms with Gasteiger partial charge in [0.25, 0.3) is 0 Å². The predicted molar refractivity (Wildman–Crippen MR) is 93.2 cm³/mol. The fourth-order valence-corrected chi connectivity index (χ4v) is 7.45. The summed E-state index contributed by atoms with van der Waals surface area (Å²) in [5.41, 5.74) is 0.463. The Balaban J connectivity index is 1.88. The molecule has 4 saturated carbocycles. The van der Waals surface area contributed by atoms with Crippen LogP contribution in [0, 0.1) is 27.6 Å². The molecule has 4 bridgehead atoms. The minimum absolute atomic E-state index is 0.0251. The van der Waals surface area contributed by atoms with Crippen LogP contribution in [0.25, 0.3) is 0 Å². The van der Waals surface area contributed by atoms with Gasteiger partial charge in [-0.05, 0) is 60.7 Å². The number of amides is 1. The fourth-order valence-electron chi connectivity index (χ4n) is 7.45. The smallest absolute Gasteiger partial charge is 0.328 e. The summed E-state index contributed by atoms with van der Waals surface area (Å²) in [5, 5.41) is 3.06. The molecule has 4 aliphatic carbocycles. The molecule has 0 aromatic heterocycles. The van der Waals surface area contributed by atoms with Crippen molar-refractivity contribution in [3.05, 3.63) is 0 Å². The maximum absolute atomic E-state index is 13.3. The number of ether oxygens (including phenoxy) is 1. The maximum atomic E-state index is 13.3. The Hall–Kier alpha value is -1.06. The van der Waals surface area contributed by atoms with Crippen molar-refractivity contribution in [1.82, 2.24) is 5.32 Å². The predicted octanol–water partition coefficient (Wildman–Crippen LogP) is 3.69. The van der Waals surface area contributed by atoms with E-state index in [0.29, 0.717) is 0 Å². The summed E-state index contributed by atoms with van der Waals surface area (Å²) in [5.74, 6) is -0.238. The molecule has 4 fully saturated rings. The van der Waals surface area contributed by atoms with Gasteiger partial charge in [0.05, 0.1) is 12.5 Å². The summed E-state index contributed by atoms with van der Waals surface area (Å²) >= 11 is 0. The molecule has 0 radical (unpaired) electrons. The van der Waals surface area contributed by atoms with E-state index in [1.807, 2.05) is 13.8 Å². The summed E-state index contributed by atoms with van der Waals surface area (Å²) < 4.78 is 4.90. The van der Waals surface area contributed by atoms with E-state index < -0.39 is 6.04 Å². The minimum atomic E-state index is -0.552. The normalized spacial score (nSPS) is 44.5. The lowest BCUT2D eigenvalue weighted by Gasteiger charge is -2.68. The number of carbonyl (C=O) groups is 2. The molecule has 1 amide bonds. The van der Waals surface area contributed by atoms with E-state index >= 15 is 0 Å². The minimum Gasteiger partial charge on any atom is -0.467 e. The van der Waals surface area contributed by atoms with E-state index in [1.165, 1.54) is 26.4 Å². The zero-order chi connectivity index (χ0) is 18.0. The maximum Gasteiger partial charge on any atom is 0.328 e. The molecule has 0 heterocycles. The first-order valence-electron chi connectivity index (χ1n) is 9.33. The lowest BCUT2D eigenvalue weighted by Crippen LogP contribution is -2.64. The molecule has 0 saturated heterocycles. The first-order valence-corrected chi connectivity index (χ1v) is 9.33. The molecule has 1 N–H and O–H groups in total. The Bertz CT molecular complexity index is 514. The molecular weight excluding hydrogens is 302 g/mol. The molecule has 0 spiro atoms. The van der Waals surface area contributed by atoms with E-state index in [-0.39, 0.29) is 39.5 Å². The van der Waals surface area contributed by atoms with Crippen LogP contribution in [0.4, 0.5) is 0 Å². The molecule has 0 aromatic carbocycles. The Kier molecular flexibility index (Phi) is 3.86. The highest BCUT2D eigenvalue weighted by molar-refractivity contribution is 5.88. The summed E-state index contributed by atoms with van der Waals surface area (Å²) in [6, 6.07) is -0.552. The lowest BCUT2D eigenvalue weighted by molar-refractivity contribution is -0.192. The zero-order valence-corrected chi connectivity index (χ0v) is 16.1. The van der Waals surface area contributed by atoms with Crippen LogP contribution in [0.2, 0.25) is 0 Å². The van der Waals surface area contributed by atoms with Gasteiger partial charge in [-0.15, -0.1) is 0 Å². The van der Waals surface area contributed by atoms with Crippen molar-refractivity contribution in [2.24, 2.45) is 27.6 Å². The van der Waals surface area contributed by atoms with Gasteiger partial charge in [-0.3, -0.25) is 4.79 Å². The molecule has 4 heteroatoms. The molecular formula is C20H33NO3. The number of hydrogen-bond donors (Lipinski definition) is 1. The van der Waals surface area contributed by atoms with Gasteiger partial charge >= 0.3 is 5.97 Å². The number of carbonyl (C=O) groups excluding carboxylic acids is 2. The second kappa shape index (κ2) is 5.22. The van der Waals surface area contributed by atoms with E-state index in [9.17, 15) is 9.59 Å². The van der Waals surface area contributed by atoms with Gasteiger partial charge in [-0.25, -0.2) is 4.79 Å². The topological polar surface area (TPSA) is 55.4 Å². The first kappa shape index (κ1) is 17.8. The largest absolute Gasteiger partial charge is 0.467 e. The summed E-state index contributed by atoms with van der Waals surface area (Å²) in [6.07, 6.45) is 6.58. The Morgan fingerprint density at radius 1 is 0.875 bits per heavy atom. The number of hydrogen-bond acceptors (Lipinski definition) is 3. The van der Waals surface area contributed by atoms with Gasteiger partial charge in [0, 0.05) is 0 Å². The van der Waals surface area contributed by atoms with Crippen molar-refractivity contribution in [1.29, 1.82) is 0 Å². The molecule has 0 aromatic rings. The second-order valence-corrected chi connectivity index (χ2v) is 10.5. The molecule has 136 valence electrons. The van der Waals surface area contributed by atoms with Crippen molar-refractivity contribution in [2.45, 2.75) is 79.2 Å². The second-order valence-electron chi connectivity index (χ2n) is 10.5. The van der Waals surface area contributed by atoms with Gasteiger partial charge in [0.15, 0.2) is 0 Å². The Morgan fingerprint density at radius 3 is 1.62 bits per heavy atom. The fraction of sp³-hybridized carbons (Fsp3) is 0.900. The summed E-state index contributed by atoms with van der Waals surface area (Å²) in [7, 11) is 1.39. The standard InChI is InChI=1S/C20H33NO3/c1-13(2)14(15(22)24-6)21-16(23)20-10-17(3)7-18(4,11-20)9-19(5,8-17)12-20/h13-14H,7-12H2,1-6H3,(H,21,23). The Labute approximate surface area is 146 Å². The molecule has 1 unspecified atom stereocenters. The Morgan fingerprint density at radius 2 is 1.29 bits per heavy atom. The van der Waals surface area contributed by atoms with Crippen LogP contribution in [0.3, 0.4) is 0 Å². The first-order chi connectivity index (χ1) is 10.9. The van der Waals surface area contributed by atoms with Crippen LogP contribution in [0.5, 0.6) is 0 Å². The molecule has 4 nitrogen and oxygen atoms in total. The van der Waals surface area contributed by atoms with Crippen molar-refractivity contribution >= 4 is 11.9 Å². The summed E-state index contributed by atoms with van der Waals surface area (Å²) in [6.45, 7) is 11.0. The highest BCUT2D eigenvalue weighted by atomic mass is 16.5. The highest BCUT2D eigenvalue weighted by Gasteiger charge is 2.66.